The third-order valence-electron chi connectivity index (χ3n) is 3.04. The maximum absolute atomic E-state index is 13.3. The normalized spacial score (nSPS) is 19.6. The van der Waals surface area contributed by atoms with Crippen LogP contribution in [0.4, 0.5) is 10.1 Å². The third kappa shape index (κ3) is 2.39. The average molecular weight is 238 g/mol. The van der Waals surface area contributed by atoms with Crippen molar-refractivity contribution in [3.8, 4) is 0 Å². The van der Waals surface area contributed by atoms with E-state index in [2.05, 4.69) is 0 Å². The lowest BCUT2D eigenvalue weighted by Crippen LogP contribution is -2.40. The highest BCUT2D eigenvalue weighted by Crippen LogP contribution is 2.27. The molecule has 92 valence electrons. The van der Waals surface area contributed by atoms with Crippen LogP contribution < -0.4 is 10.6 Å². The molecule has 0 radical (unpaired) electrons. The van der Waals surface area contributed by atoms with E-state index in [0.717, 1.165) is 6.42 Å². The number of carbonyl (C=O) groups is 1. The maximum Gasteiger partial charge on any atom is 0.240 e. The summed E-state index contributed by atoms with van der Waals surface area (Å²) in [6, 6.07) is 3.95. The number of aliphatic hydroxyl groups is 1. The summed E-state index contributed by atoms with van der Waals surface area (Å²) in [5.41, 5.74) is 6.41. The predicted octanol–water partition coefficient (Wildman–Crippen LogP) is 0.772. The quantitative estimate of drug-likeness (QED) is 0.817. The first-order valence-electron chi connectivity index (χ1n) is 5.58. The Morgan fingerprint density at radius 2 is 2.29 bits per heavy atom. The average Bonchev–Trinajstić information content (AvgIpc) is 2.77. The van der Waals surface area contributed by atoms with E-state index in [0.29, 0.717) is 24.2 Å². The van der Waals surface area contributed by atoms with Crippen LogP contribution in [-0.2, 0) is 11.4 Å². The fourth-order valence-corrected chi connectivity index (χ4v) is 2.26. The molecule has 5 heteroatoms. The number of aliphatic hydroxyl groups excluding tert-OH is 1. The van der Waals surface area contributed by atoms with E-state index in [1.807, 2.05) is 0 Å². The number of benzene rings is 1. The number of carbonyl (C=O) groups excluding carboxylic acids is 1. The number of primary amides is 1. The second-order valence-electron chi connectivity index (χ2n) is 4.23. The second kappa shape index (κ2) is 4.71. The molecule has 1 atom stereocenters. The van der Waals surface area contributed by atoms with E-state index in [4.69, 9.17) is 10.8 Å². The molecule has 3 N–H and O–H groups in total. The number of anilines is 1. The summed E-state index contributed by atoms with van der Waals surface area (Å²) in [4.78, 5) is 13.1. The van der Waals surface area contributed by atoms with Crippen LogP contribution in [0, 0.1) is 5.82 Å². The number of nitrogens with zero attached hydrogens (tertiary/aromatic N) is 1. The van der Waals surface area contributed by atoms with Gasteiger partial charge in [-0.1, -0.05) is 0 Å². The minimum atomic E-state index is -0.415. The number of halogens is 1. The van der Waals surface area contributed by atoms with Gasteiger partial charge in [-0.15, -0.1) is 0 Å². The fraction of sp³-hybridized carbons (Fsp3) is 0.417. The first kappa shape index (κ1) is 11.9. The molecule has 0 bridgehead atoms. The van der Waals surface area contributed by atoms with E-state index in [1.165, 1.54) is 12.1 Å². The van der Waals surface area contributed by atoms with Crippen molar-refractivity contribution >= 4 is 11.6 Å². The van der Waals surface area contributed by atoms with Gasteiger partial charge in [-0.05, 0) is 36.6 Å². The number of hydrogen-bond acceptors (Lipinski definition) is 3. The van der Waals surface area contributed by atoms with Gasteiger partial charge in [0.15, 0.2) is 0 Å². The summed E-state index contributed by atoms with van der Waals surface area (Å²) >= 11 is 0. The largest absolute Gasteiger partial charge is 0.392 e. The van der Waals surface area contributed by atoms with Crippen molar-refractivity contribution in [3.05, 3.63) is 29.6 Å². The molecule has 0 aromatic heterocycles. The molecule has 4 nitrogen and oxygen atoms in total. The van der Waals surface area contributed by atoms with Gasteiger partial charge in [0, 0.05) is 12.2 Å². The highest BCUT2D eigenvalue weighted by molar-refractivity contribution is 5.84. The summed E-state index contributed by atoms with van der Waals surface area (Å²) < 4.78 is 13.3. The molecule has 1 amide bonds. The molecular formula is C12H15FN2O2. The molecule has 17 heavy (non-hydrogen) atoms. The number of hydrogen-bond donors (Lipinski definition) is 2. The van der Waals surface area contributed by atoms with E-state index in [9.17, 15) is 9.18 Å². The van der Waals surface area contributed by atoms with Crippen molar-refractivity contribution in [2.24, 2.45) is 5.73 Å². The first-order chi connectivity index (χ1) is 8.11. The van der Waals surface area contributed by atoms with Crippen molar-refractivity contribution in [1.82, 2.24) is 0 Å². The van der Waals surface area contributed by atoms with Gasteiger partial charge in [0.05, 0.1) is 6.61 Å². The lowest BCUT2D eigenvalue weighted by atomic mass is 10.1. The van der Waals surface area contributed by atoms with Crippen molar-refractivity contribution in [2.45, 2.75) is 25.5 Å². The van der Waals surface area contributed by atoms with Gasteiger partial charge in [0.2, 0.25) is 5.91 Å². The number of amides is 1. The zero-order valence-corrected chi connectivity index (χ0v) is 9.40. The lowest BCUT2D eigenvalue weighted by Gasteiger charge is -2.24. The Balaban J connectivity index is 2.32. The van der Waals surface area contributed by atoms with Crippen LogP contribution in [0.15, 0.2) is 18.2 Å². The molecule has 1 aliphatic rings. The van der Waals surface area contributed by atoms with Gasteiger partial charge in [0.1, 0.15) is 11.9 Å². The van der Waals surface area contributed by atoms with Gasteiger partial charge in [0.25, 0.3) is 0 Å². The van der Waals surface area contributed by atoms with Crippen LogP contribution in [0.5, 0.6) is 0 Å². The molecule has 1 aromatic carbocycles. The van der Waals surface area contributed by atoms with Crippen LogP contribution in [0.1, 0.15) is 18.4 Å². The van der Waals surface area contributed by atoms with Crippen LogP contribution >= 0.6 is 0 Å². The van der Waals surface area contributed by atoms with Crippen molar-refractivity contribution < 1.29 is 14.3 Å². The monoisotopic (exact) mass is 238 g/mol. The van der Waals surface area contributed by atoms with E-state index < -0.39 is 11.7 Å². The van der Waals surface area contributed by atoms with Crippen molar-refractivity contribution in [3.63, 3.8) is 0 Å². The summed E-state index contributed by atoms with van der Waals surface area (Å²) in [6.45, 7) is 0.460. The predicted molar refractivity (Wildman–Crippen MR) is 61.9 cm³/mol. The molecule has 1 saturated heterocycles. The summed E-state index contributed by atoms with van der Waals surface area (Å²) in [7, 11) is 0. The van der Waals surface area contributed by atoms with Gasteiger partial charge < -0.3 is 15.7 Å². The topological polar surface area (TPSA) is 66.6 Å². The summed E-state index contributed by atoms with van der Waals surface area (Å²) in [5.74, 6) is -0.806. The molecule has 0 aliphatic carbocycles. The van der Waals surface area contributed by atoms with Crippen LogP contribution in [0.25, 0.3) is 0 Å². The van der Waals surface area contributed by atoms with Gasteiger partial charge in [-0.3, -0.25) is 4.79 Å². The Kier molecular flexibility index (Phi) is 3.28. The van der Waals surface area contributed by atoms with Crippen LogP contribution in [0.2, 0.25) is 0 Å². The summed E-state index contributed by atoms with van der Waals surface area (Å²) in [6.07, 6.45) is 1.55. The van der Waals surface area contributed by atoms with Crippen molar-refractivity contribution in [2.75, 3.05) is 11.4 Å². The van der Waals surface area contributed by atoms with Gasteiger partial charge in [-0.2, -0.15) is 0 Å². The number of rotatable bonds is 3. The second-order valence-corrected chi connectivity index (χ2v) is 4.23. The van der Waals surface area contributed by atoms with E-state index in [1.54, 1.807) is 11.0 Å². The molecule has 1 heterocycles. The van der Waals surface area contributed by atoms with Gasteiger partial charge >= 0.3 is 0 Å². The Morgan fingerprint density at radius 3 is 2.94 bits per heavy atom. The number of nitrogens with two attached hydrogens (primary N) is 1. The summed E-state index contributed by atoms with van der Waals surface area (Å²) in [5, 5.41) is 9.03. The van der Waals surface area contributed by atoms with Gasteiger partial charge in [-0.25, -0.2) is 4.39 Å². The van der Waals surface area contributed by atoms with Crippen LogP contribution in [-0.4, -0.2) is 23.6 Å². The van der Waals surface area contributed by atoms with E-state index in [-0.39, 0.29) is 12.6 Å². The lowest BCUT2D eigenvalue weighted by molar-refractivity contribution is -0.119. The zero-order valence-electron chi connectivity index (χ0n) is 9.40. The molecule has 1 unspecified atom stereocenters. The Bertz CT molecular complexity index is 437. The Morgan fingerprint density at radius 1 is 1.53 bits per heavy atom. The zero-order chi connectivity index (χ0) is 12.4. The molecule has 1 fully saturated rings. The maximum atomic E-state index is 13.3. The minimum absolute atomic E-state index is 0.222. The highest BCUT2D eigenvalue weighted by atomic mass is 19.1. The third-order valence-corrected chi connectivity index (χ3v) is 3.04. The Hall–Kier alpha value is -1.62. The minimum Gasteiger partial charge on any atom is -0.392 e. The molecule has 0 spiro atoms. The molecule has 2 rings (SSSR count). The molecule has 0 saturated carbocycles. The van der Waals surface area contributed by atoms with E-state index >= 15 is 0 Å². The first-order valence-corrected chi connectivity index (χ1v) is 5.58. The van der Waals surface area contributed by atoms with Crippen molar-refractivity contribution in [1.29, 1.82) is 0 Å². The smallest absolute Gasteiger partial charge is 0.240 e. The Labute approximate surface area is 98.8 Å². The molecule has 1 aromatic rings. The molecular weight excluding hydrogens is 223 g/mol. The molecule has 1 aliphatic heterocycles. The standard InChI is InChI=1S/C12H15FN2O2/c13-9-4-8(7-16)5-10(6-9)15-3-1-2-11(15)12(14)17/h4-6,11,16H,1-3,7H2,(H2,14,17). The fourth-order valence-electron chi connectivity index (χ4n) is 2.26. The van der Waals surface area contributed by atoms with Crippen LogP contribution in [0.3, 0.4) is 0 Å². The SMILES string of the molecule is NC(=O)C1CCCN1c1cc(F)cc(CO)c1. The highest BCUT2D eigenvalue weighted by Gasteiger charge is 2.29.